The number of hydrogen-bond acceptors (Lipinski definition) is 3. The summed E-state index contributed by atoms with van der Waals surface area (Å²) < 4.78 is 0. The topological polar surface area (TPSA) is 87.8 Å². The second-order valence-electron chi connectivity index (χ2n) is 3.79. The number of primary amides is 1. The molecule has 0 saturated heterocycles. The molecule has 0 fully saturated rings. The van der Waals surface area contributed by atoms with Crippen LogP contribution in [0.25, 0.3) is 0 Å². The van der Waals surface area contributed by atoms with Crippen LogP contribution in [-0.2, 0) is 4.79 Å². The fraction of sp³-hybridized carbons (Fsp3) is 0.250. The minimum Gasteiger partial charge on any atom is -0.350 e. The Balaban J connectivity index is 2.60. The third-order valence-corrected chi connectivity index (χ3v) is 2.28. The molecule has 3 amide bonds. The second-order valence-corrected chi connectivity index (χ2v) is 3.79. The van der Waals surface area contributed by atoms with Crippen molar-refractivity contribution in [3.05, 3.63) is 30.3 Å². The molecule has 96 valence electrons. The molecule has 0 aliphatic heterocycles. The summed E-state index contributed by atoms with van der Waals surface area (Å²) in [5, 5.41) is 3.68. The zero-order valence-corrected chi connectivity index (χ0v) is 10.4. The minimum atomic E-state index is -0.752. The number of carbonyl (C=O) groups is 2. The number of hydrazone groups is 1. The molecule has 0 saturated carbocycles. The van der Waals surface area contributed by atoms with Crippen molar-refractivity contribution in [1.82, 2.24) is 5.43 Å². The van der Waals surface area contributed by atoms with Gasteiger partial charge < -0.3 is 10.6 Å². The molecule has 6 nitrogen and oxygen atoms in total. The van der Waals surface area contributed by atoms with Gasteiger partial charge in [-0.2, -0.15) is 5.10 Å². The van der Waals surface area contributed by atoms with Crippen LogP contribution in [0.15, 0.2) is 35.4 Å². The molecule has 0 spiro atoms. The lowest BCUT2D eigenvalue weighted by molar-refractivity contribution is -0.117. The summed E-state index contributed by atoms with van der Waals surface area (Å²) in [7, 11) is 1.69. The molecule has 0 aliphatic carbocycles. The quantitative estimate of drug-likeness (QED) is 0.617. The molecule has 1 aromatic carbocycles. The van der Waals surface area contributed by atoms with Crippen molar-refractivity contribution in [3.63, 3.8) is 0 Å². The maximum Gasteiger partial charge on any atom is 0.332 e. The highest BCUT2D eigenvalue weighted by Gasteiger charge is 2.11. The molecular formula is C12H16N4O2. The Morgan fingerprint density at radius 1 is 1.33 bits per heavy atom. The molecule has 18 heavy (non-hydrogen) atoms. The van der Waals surface area contributed by atoms with Crippen LogP contribution in [0.2, 0.25) is 0 Å². The number of amides is 3. The molecule has 0 bridgehead atoms. The van der Waals surface area contributed by atoms with Gasteiger partial charge in [0.05, 0.1) is 6.42 Å². The molecule has 0 aromatic heterocycles. The van der Waals surface area contributed by atoms with Gasteiger partial charge in [-0.25, -0.2) is 10.2 Å². The van der Waals surface area contributed by atoms with E-state index in [-0.39, 0.29) is 12.3 Å². The van der Waals surface area contributed by atoms with E-state index >= 15 is 0 Å². The third kappa shape index (κ3) is 4.25. The van der Waals surface area contributed by atoms with Gasteiger partial charge in [0.2, 0.25) is 5.91 Å². The van der Waals surface area contributed by atoms with E-state index in [9.17, 15) is 9.59 Å². The van der Waals surface area contributed by atoms with Gasteiger partial charge in [-0.15, -0.1) is 0 Å². The van der Waals surface area contributed by atoms with E-state index in [0.29, 0.717) is 5.71 Å². The standard InChI is InChI=1S/C12H16N4O2/c1-9(14-15-12(13)18)8-11(17)16(2)10-6-4-3-5-7-10/h3-7H,8H2,1-2H3,(H3,13,15,18)/b14-9+. The highest BCUT2D eigenvalue weighted by molar-refractivity contribution is 6.06. The minimum absolute atomic E-state index is 0.117. The van der Waals surface area contributed by atoms with E-state index in [1.807, 2.05) is 30.3 Å². The molecule has 1 aromatic rings. The van der Waals surface area contributed by atoms with E-state index in [1.54, 1.807) is 14.0 Å². The largest absolute Gasteiger partial charge is 0.350 e. The molecule has 0 unspecified atom stereocenters. The van der Waals surface area contributed by atoms with Gasteiger partial charge in [-0.05, 0) is 19.1 Å². The molecule has 0 aliphatic rings. The Morgan fingerprint density at radius 3 is 2.50 bits per heavy atom. The number of rotatable bonds is 4. The first-order valence-corrected chi connectivity index (χ1v) is 5.41. The summed E-state index contributed by atoms with van der Waals surface area (Å²) in [5.41, 5.74) is 8.25. The van der Waals surface area contributed by atoms with Crippen molar-refractivity contribution in [2.75, 3.05) is 11.9 Å². The number of nitrogens with two attached hydrogens (primary N) is 1. The van der Waals surface area contributed by atoms with Crippen molar-refractivity contribution in [1.29, 1.82) is 0 Å². The first-order chi connectivity index (χ1) is 8.50. The highest BCUT2D eigenvalue weighted by Crippen LogP contribution is 2.12. The number of nitrogens with one attached hydrogen (secondary N) is 1. The number of para-hydroxylation sites is 1. The summed E-state index contributed by atoms with van der Waals surface area (Å²) in [4.78, 5) is 23.9. The summed E-state index contributed by atoms with van der Waals surface area (Å²) in [6.45, 7) is 1.65. The van der Waals surface area contributed by atoms with Crippen LogP contribution in [0.5, 0.6) is 0 Å². The second kappa shape index (κ2) is 6.39. The normalized spacial score (nSPS) is 10.9. The van der Waals surface area contributed by atoms with Crippen molar-refractivity contribution < 1.29 is 9.59 Å². The van der Waals surface area contributed by atoms with Crippen molar-refractivity contribution in [2.45, 2.75) is 13.3 Å². The number of urea groups is 1. The van der Waals surface area contributed by atoms with Crippen molar-refractivity contribution in [2.24, 2.45) is 10.8 Å². The SMILES string of the molecule is C/C(CC(=O)N(C)c1ccccc1)=N\NC(N)=O. The van der Waals surface area contributed by atoms with Crippen LogP contribution < -0.4 is 16.1 Å². The molecule has 1 rings (SSSR count). The van der Waals surface area contributed by atoms with Gasteiger partial charge >= 0.3 is 6.03 Å². The maximum absolute atomic E-state index is 11.9. The summed E-state index contributed by atoms with van der Waals surface area (Å²) in [5.74, 6) is -0.117. The fourth-order valence-corrected chi connectivity index (χ4v) is 1.32. The van der Waals surface area contributed by atoms with E-state index in [2.05, 4.69) is 10.5 Å². The Morgan fingerprint density at radius 2 is 1.94 bits per heavy atom. The van der Waals surface area contributed by atoms with E-state index < -0.39 is 6.03 Å². The predicted molar refractivity (Wildman–Crippen MR) is 70.3 cm³/mol. The van der Waals surface area contributed by atoms with Gasteiger partial charge in [-0.1, -0.05) is 18.2 Å². The van der Waals surface area contributed by atoms with Crippen LogP contribution in [0, 0.1) is 0 Å². The lowest BCUT2D eigenvalue weighted by Crippen LogP contribution is -2.29. The Kier molecular flexibility index (Phi) is 4.86. The average molecular weight is 248 g/mol. The van der Waals surface area contributed by atoms with Gasteiger partial charge in [0.1, 0.15) is 0 Å². The van der Waals surface area contributed by atoms with Crippen LogP contribution in [0.4, 0.5) is 10.5 Å². The van der Waals surface area contributed by atoms with E-state index in [0.717, 1.165) is 5.69 Å². The molecular weight excluding hydrogens is 232 g/mol. The van der Waals surface area contributed by atoms with Gasteiger partial charge in [0, 0.05) is 18.4 Å². The number of benzene rings is 1. The fourth-order valence-electron chi connectivity index (χ4n) is 1.32. The molecule has 6 heteroatoms. The van der Waals surface area contributed by atoms with Gasteiger partial charge in [-0.3, -0.25) is 4.79 Å². The van der Waals surface area contributed by atoms with Crippen LogP contribution in [0.3, 0.4) is 0 Å². The monoisotopic (exact) mass is 248 g/mol. The number of hydrogen-bond donors (Lipinski definition) is 2. The molecule has 0 atom stereocenters. The van der Waals surface area contributed by atoms with Gasteiger partial charge in [0.15, 0.2) is 0 Å². The first-order valence-electron chi connectivity index (χ1n) is 5.41. The smallest absolute Gasteiger partial charge is 0.332 e. The highest BCUT2D eigenvalue weighted by atomic mass is 16.2. The lowest BCUT2D eigenvalue weighted by Gasteiger charge is -2.16. The number of anilines is 1. The molecule has 3 N–H and O–H groups in total. The Bertz CT molecular complexity index is 456. The lowest BCUT2D eigenvalue weighted by atomic mass is 10.2. The van der Waals surface area contributed by atoms with Crippen molar-refractivity contribution >= 4 is 23.3 Å². The summed E-state index contributed by atoms with van der Waals surface area (Å²) in [6.07, 6.45) is 0.117. The molecule has 0 radical (unpaired) electrons. The van der Waals surface area contributed by atoms with E-state index in [1.165, 1.54) is 4.90 Å². The average Bonchev–Trinajstić information content (AvgIpc) is 2.36. The van der Waals surface area contributed by atoms with Crippen LogP contribution >= 0.6 is 0 Å². The first kappa shape index (κ1) is 13.7. The number of nitrogens with zero attached hydrogens (tertiary/aromatic N) is 2. The van der Waals surface area contributed by atoms with Crippen LogP contribution in [-0.4, -0.2) is 24.7 Å². The number of carbonyl (C=O) groups excluding carboxylic acids is 2. The zero-order valence-electron chi connectivity index (χ0n) is 10.4. The van der Waals surface area contributed by atoms with Crippen molar-refractivity contribution in [3.8, 4) is 0 Å². The van der Waals surface area contributed by atoms with Crippen LogP contribution in [0.1, 0.15) is 13.3 Å². The zero-order chi connectivity index (χ0) is 13.5. The summed E-state index contributed by atoms with van der Waals surface area (Å²) in [6, 6.07) is 8.52. The predicted octanol–water partition coefficient (Wildman–Crippen LogP) is 1.08. The Hall–Kier alpha value is -2.37. The Labute approximate surface area is 105 Å². The third-order valence-electron chi connectivity index (χ3n) is 2.28. The molecule has 0 heterocycles. The van der Waals surface area contributed by atoms with Gasteiger partial charge in [0.25, 0.3) is 0 Å². The summed E-state index contributed by atoms with van der Waals surface area (Å²) >= 11 is 0. The maximum atomic E-state index is 11.9. The van der Waals surface area contributed by atoms with E-state index in [4.69, 9.17) is 5.73 Å².